The Morgan fingerprint density at radius 3 is 2.74 bits per heavy atom. The molecule has 0 bridgehead atoms. The fourth-order valence-corrected chi connectivity index (χ4v) is 2.36. The molecule has 0 aliphatic rings. The topological polar surface area (TPSA) is 56.0 Å². The van der Waals surface area contributed by atoms with Crippen molar-refractivity contribution >= 4 is 21.8 Å². The van der Waals surface area contributed by atoms with Crippen LogP contribution >= 0.6 is 15.9 Å². The Bertz CT molecular complexity index is 589. The van der Waals surface area contributed by atoms with E-state index in [-0.39, 0.29) is 5.91 Å². The molecule has 2 aromatic rings. The Morgan fingerprint density at radius 2 is 2.16 bits per heavy atom. The molecule has 0 radical (unpaired) electrons. The molecule has 19 heavy (non-hydrogen) atoms. The summed E-state index contributed by atoms with van der Waals surface area (Å²) in [4.78, 5) is 14.1. The third-order valence-electron chi connectivity index (χ3n) is 2.82. The van der Waals surface area contributed by atoms with Crippen LogP contribution in [0.4, 0.5) is 0 Å². The Labute approximate surface area is 120 Å². The van der Waals surface area contributed by atoms with Crippen molar-refractivity contribution < 1.29 is 4.79 Å². The zero-order valence-electron chi connectivity index (χ0n) is 11.2. The van der Waals surface area contributed by atoms with E-state index in [1.807, 2.05) is 20.2 Å². The maximum Gasteiger partial charge on any atom is 0.273 e. The fourth-order valence-electron chi connectivity index (χ4n) is 1.89. The van der Waals surface area contributed by atoms with E-state index in [9.17, 15) is 4.79 Å². The fraction of sp³-hybridized carbons (Fsp3) is 0.417. The highest BCUT2D eigenvalue weighted by molar-refractivity contribution is 9.10. The van der Waals surface area contributed by atoms with Gasteiger partial charge in [0, 0.05) is 38.9 Å². The lowest BCUT2D eigenvalue weighted by Gasteiger charge is -2.17. The van der Waals surface area contributed by atoms with Crippen LogP contribution in [0.3, 0.4) is 0 Å². The molecule has 102 valence electrons. The number of halogens is 1. The van der Waals surface area contributed by atoms with Crippen molar-refractivity contribution in [3.8, 4) is 0 Å². The zero-order chi connectivity index (χ0) is 14.0. The maximum absolute atomic E-state index is 12.4. The van der Waals surface area contributed by atoms with Crippen molar-refractivity contribution in [2.75, 3.05) is 7.05 Å². The second-order valence-corrected chi connectivity index (χ2v) is 5.19. The highest BCUT2D eigenvalue weighted by Crippen LogP contribution is 2.18. The monoisotopic (exact) mass is 325 g/mol. The molecule has 0 unspecified atom stereocenters. The molecule has 0 aromatic carbocycles. The standard InChI is InChI=1S/C12H16BrN5O/c1-4-18-11(10(13)6-15-18)12(19)16(2)7-9-5-14-17(3)8-9/h5-6,8H,4,7H2,1-3H3. The normalized spacial score (nSPS) is 10.7. The highest BCUT2D eigenvalue weighted by atomic mass is 79.9. The van der Waals surface area contributed by atoms with Crippen LogP contribution in [0.15, 0.2) is 23.1 Å². The lowest BCUT2D eigenvalue weighted by atomic mass is 10.3. The van der Waals surface area contributed by atoms with Crippen molar-refractivity contribution in [3.05, 3.63) is 34.3 Å². The summed E-state index contributed by atoms with van der Waals surface area (Å²) >= 11 is 3.37. The summed E-state index contributed by atoms with van der Waals surface area (Å²) in [5.41, 5.74) is 1.57. The number of nitrogens with zero attached hydrogens (tertiary/aromatic N) is 5. The molecule has 0 N–H and O–H groups in total. The molecule has 2 aromatic heterocycles. The van der Waals surface area contributed by atoms with Gasteiger partial charge in [0.15, 0.2) is 0 Å². The summed E-state index contributed by atoms with van der Waals surface area (Å²) in [6, 6.07) is 0. The number of hydrogen-bond donors (Lipinski definition) is 0. The number of aromatic nitrogens is 4. The van der Waals surface area contributed by atoms with Gasteiger partial charge in [-0.3, -0.25) is 14.2 Å². The van der Waals surface area contributed by atoms with Crippen LogP contribution in [0.25, 0.3) is 0 Å². The molecule has 0 saturated heterocycles. The van der Waals surface area contributed by atoms with E-state index in [2.05, 4.69) is 26.1 Å². The van der Waals surface area contributed by atoms with Gasteiger partial charge in [-0.25, -0.2) is 0 Å². The quantitative estimate of drug-likeness (QED) is 0.859. The minimum atomic E-state index is -0.0601. The predicted octanol–water partition coefficient (Wildman–Crippen LogP) is 1.67. The summed E-state index contributed by atoms with van der Waals surface area (Å²) in [5.74, 6) is -0.0601. The maximum atomic E-state index is 12.4. The minimum Gasteiger partial charge on any atom is -0.336 e. The summed E-state index contributed by atoms with van der Waals surface area (Å²) < 4.78 is 4.13. The molecule has 0 spiro atoms. The second kappa shape index (κ2) is 5.56. The largest absolute Gasteiger partial charge is 0.336 e. The van der Waals surface area contributed by atoms with Gasteiger partial charge in [0.05, 0.1) is 16.9 Å². The van der Waals surface area contributed by atoms with E-state index in [1.54, 1.807) is 33.7 Å². The number of amides is 1. The van der Waals surface area contributed by atoms with Crippen molar-refractivity contribution in [1.82, 2.24) is 24.5 Å². The SMILES string of the molecule is CCn1ncc(Br)c1C(=O)N(C)Cc1cnn(C)c1. The summed E-state index contributed by atoms with van der Waals surface area (Å²) in [6.45, 7) is 3.14. The third-order valence-corrected chi connectivity index (χ3v) is 3.40. The van der Waals surface area contributed by atoms with E-state index in [0.717, 1.165) is 10.0 Å². The van der Waals surface area contributed by atoms with Crippen LogP contribution in [0, 0.1) is 0 Å². The zero-order valence-corrected chi connectivity index (χ0v) is 12.8. The average molecular weight is 326 g/mol. The average Bonchev–Trinajstić information content (AvgIpc) is 2.94. The van der Waals surface area contributed by atoms with Gasteiger partial charge in [-0.2, -0.15) is 10.2 Å². The first-order chi connectivity index (χ1) is 9.02. The predicted molar refractivity (Wildman–Crippen MR) is 74.6 cm³/mol. The van der Waals surface area contributed by atoms with E-state index in [1.165, 1.54) is 0 Å². The van der Waals surface area contributed by atoms with Gasteiger partial charge >= 0.3 is 0 Å². The molecular weight excluding hydrogens is 310 g/mol. The van der Waals surface area contributed by atoms with Crippen LogP contribution in [0.1, 0.15) is 23.0 Å². The van der Waals surface area contributed by atoms with Gasteiger partial charge in [0.2, 0.25) is 0 Å². The molecule has 2 heterocycles. The molecule has 7 heteroatoms. The Morgan fingerprint density at radius 1 is 1.42 bits per heavy atom. The Hall–Kier alpha value is -1.63. The van der Waals surface area contributed by atoms with Crippen molar-refractivity contribution in [3.63, 3.8) is 0 Å². The summed E-state index contributed by atoms with van der Waals surface area (Å²) in [5, 5.41) is 8.25. The van der Waals surface area contributed by atoms with Crippen LogP contribution in [-0.4, -0.2) is 37.4 Å². The summed E-state index contributed by atoms with van der Waals surface area (Å²) in [7, 11) is 3.63. The molecule has 0 aliphatic carbocycles. The first-order valence-corrected chi connectivity index (χ1v) is 6.76. The molecule has 0 atom stereocenters. The first-order valence-electron chi connectivity index (χ1n) is 5.97. The van der Waals surface area contributed by atoms with Crippen LogP contribution in [0.5, 0.6) is 0 Å². The second-order valence-electron chi connectivity index (χ2n) is 4.34. The van der Waals surface area contributed by atoms with Crippen LogP contribution < -0.4 is 0 Å². The van der Waals surface area contributed by atoms with Crippen LogP contribution in [-0.2, 0) is 20.1 Å². The number of hydrogen-bond acceptors (Lipinski definition) is 3. The Kier molecular flexibility index (Phi) is 4.04. The molecule has 2 rings (SSSR count). The van der Waals surface area contributed by atoms with Gasteiger partial charge in [0.25, 0.3) is 5.91 Å². The van der Waals surface area contributed by atoms with Crippen molar-refractivity contribution in [2.24, 2.45) is 7.05 Å². The molecule has 1 amide bonds. The number of carbonyl (C=O) groups excluding carboxylic acids is 1. The molecule has 0 saturated carbocycles. The van der Waals surface area contributed by atoms with E-state index in [4.69, 9.17) is 0 Å². The summed E-state index contributed by atoms with van der Waals surface area (Å²) in [6.07, 6.45) is 5.31. The third kappa shape index (κ3) is 2.86. The van der Waals surface area contributed by atoms with Crippen molar-refractivity contribution in [1.29, 1.82) is 0 Å². The molecule has 0 aliphatic heterocycles. The minimum absolute atomic E-state index is 0.0601. The molecular formula is C12H16BrN5O. The molecule has 6 nitrogen and oxygen atoms in total. The number of rotatable bonds is 4. The molecule has 0 fully saturated rings. The van der Waals surface area contributed by atoms with Crippen molar-refractivity contribution in [2.45, 2.75) is 20.0 Å². The highest BCUT2D eigenvalue weighted by Gasteiger charge is 2.20. The van der Waals surface area contributed by atoms with Gasteiger partial charge in [-0.05, 0) is 22.9 Å². The van der Waals surface area contributed by atoms with Gasteiger partial charge in [-0.15, -0.1) is 0 Å². The van der Waals surface area contributed by atoms with E-state index in [0.29, 0.717) is 18.8 Å². The van der Waals surface area contributed by atoms with Crippen LogP contribution in [0.2, 0.25) is 0 Å². The van der Waals surface area contributed by atoms with E-state index >= 15 is 0 Å². The van der Waals surface area contributed by atoms with Gasteiger partial charge < -0.3 is 4.90 Å². The van der Waals surface area contributed by atoms with Gasteiger partial charge in [-0.1, -0.05) is 0 Å². The lowest BCUT2D eigenvalue weighted by molar-refractivity contribution is 0.0772. The van der Waals surface area contributed by atoms with Gasteiger partial charge in [0.1, 0.15) is 5.69 Å². The Balaban J connectivity index is 2.16. The van der Waals surface area contributed by atoms with E-state index < -0.39 is 0 Å². The number of aryl methyl sites for hydroxylation is 2. The first kappa shape index (κ1) is 13.8. The lowest BCUT2D eigenvalue weighted by Crippen LogP contribution is -2.28. The smallest absolute Gasteiger partial charge is 0.273 e. The number of carbonyl (C=O) groups is 1.